The van der Waals surface area contributed by atoms with Gasteiger partial charge in [-0.05, 0) is 56.4 Å². The van der Waals surface area contributed by atoms with E-state index in [9.17, 15) is 0 Å². The van der Waals surface area contributed by atoms with E-state index >= 15 is 0 Å². The minimum absolute atomic E-state index is 0.0222. The first-order chi connectivity index (χ1) is 14.6. The Labute approximate surface area is 174 Å². The molecule has 0 unspecified atom stereocenters. The van der Waals surface area contributed by atoms with Crippen molar-refractivity contribution < 1.29 is 9.47 Å². The molecule has 0 bridgehead atoms. The standard InChI is InChI=1S/C22H26N6O2/c1-22(30-3)8-4-15(5-9-22)25-21-26-19-18(20(27-21)29-2)17(13-23-19)14-7-11-28-16(12-14)6-10-24-28/h6-7,10-13,15H,4-5,8-9H2,1-3H3,(H2,23,25,26,27). The number of aromatic nitrogens is 5. The van der Waals surface area contributed by atoms with E-state index in [1.54, 1.807) is 20.4 Å². The first-order valence-electron chi connectivity index (χ1n) is 10.3. The first-order valence-corrected chi connectivity index (χ1v) is 10.3. The number of pyridine rings is 1. The minimum Gasteiger partial charge on any atom is -0.480 e. The van der Waals surface area contributed by atoms with Crippen molar-refractivity contribution in [3.63, 3.8) is 0 Å². The highest BCUT2D eigenvalue weighted by Crippen LogP contribution is 2.36. The van der Waals surface area contributed by atoms with Crippen LogP contribution >= 0.6 is 0 Å². The molecule has 4 aromatic rings. The van der Waals surface area contributed by atoms with Crippen LogP contribution in [0.4, 0.5) is 5.95 Å². The molecule has 8 heteroatoms. The van der Waals surface area contributed by atoms with Crippen molar-refractivity contribution in [3.8, 4) is 17.0 Å². The number of ether oxygens (including phenoxy) is 2. The summed E-state index contributed by atoms with van der Waals surface area (Å²) in [6.07, 6.45) is 9.78. The lowest BCUT2D eigenvalue weighted by Gasteiger charge is -2.36. The molecule has 0 atom stereocenters. The number of H-pyrrole nitrogens is 1. The van der Waals surface area contributed by atoms with Crippen molar-refractivity contribution in [2.45, 2.75) is 44.2 Å². The van der Waals surface area contributed by atoms with Crippen molar-refractivity contribution in [1.29, 1.82) is 0 Å². The van der Waals surface area contributed by atoms with Crippen LogP contribution in [0, 0.1) is 0 Å². The van der Waals surface area contributed by atoms with E-state index in [0.29, 0.717) is 17.9 Å². The summed E-state index contributed by atoms with van der Waals surface area (Å²) in [5, 5.41) is 8.63. The van der Waals surface area contributed by atoms with Gasteiger partial charge in [-0.1, -0.05) is 0 Å². The van der Waals surface area contributed by atoms with Gasteiger partial charge in [0.15, 0.2) is 0 Å². The number of nitrogens with zero attached hydrogens (tertiary/aromatic N) is 4. The lowest BCUT2D eigenvalue weighted by Crippen LogP contribution is -2.37. The minimum atomic E-state index is -0.0222. The highest BCUT2D eigenvalue weighted by molar-refractivity contribution is 5.98. The van der Waals surface area contributed by atoms with Crippen LogP contribution in [0.5, 0.6) is 5.88 Å². The summed E-state index contributed by atoms with van der Waals surface area (Å²) in [4.78, 5) is 12.7. The maximum absolute atomic E-state index is 5.65. The van der Waals surface area contributed by atoms with Gasteiger partial charge in [0.1, 0.15) is 5.65 Å². The van der Waals surface area contributed by atoms with Crippen LogP contribution in [0.25, 0.3) is 27.7 Å². The molecule has 156 valence electrons. The topological polar surface area (TPSA) is 89.4 Å². The molecule has 4 aromatic heterocycles. The highest BCUT2D eigenvalue weighted by Gasteiger charge is 2.31. The zero-order valence-electron chi connectivity index (χ0n) is 17.5. The summed E-state index contributed by atoms with van der Waals surface area (Å²) in [7, 11) is 3.44. The van der Waals surface area contributed by atoms with E-state index in [1.807, 2.05) is 29.0 Å². The molecule has 1 fully saturated rings. The predicted molar refractivity (Wildman–Crippen MR) is 116 cm³/mol. The molecule has 0 aliphatic heterocycles. The fraction of sp³-hybridized carbons (Fsp3) is 0.409. The molecule has 8 nitrogen and oxygen atoms in total. The number of anilines is 1. The molecule has 0 amide bonds. The van der Waals surface area contributed by atoms with Gasteiger partial charge < -0.3 is 19.8 Å². The number of methoxy groups -OCH3 is 2. The zero-order chi connectivity index (χ0) is 20.7. The summed E-state index contributed by atoms with van der Waals surface area (Å²) >= 11 is 0. The van der Waals surface area contributed by atoms with E-state index in [0.717, 1.165) is 53.4 Å². The monoisotopic (exact) mass is 406 g/mol. The van der Waals surface area contributed by atoms with Gasteiger partial charge in [0.25, 0.3) is 0 Å². The summed E-state index contributed by atoms with van der Waals surface area (Å²) in [5.41, 5.74) is 3.82. The quantitative estimate of drug-likeness (QED) is 0.520. The van der Waals surface area contributed by atoms with Crippen LogP contribution in [0.3, 0.4) is 0 Å². The van der Waals surface area contributed by atoms with E-state index < -0.39 is 0 Å². The fourth-order valence-corrected chi connectivity index (χ4v) is 4.29. The molecule has 0 radical (unpaired) electrons. The third kappa shape index (κ3) is 3.27. The van der Waals surface area contributed by atoms with Crippen LogP contribution in [0.15, 0.2) is 36.8 Å². The largest absolute Gasteiger partial charge is 0.480 e. The third-order valence-electron chi connectivity index (χ3n) is 6.27. The van der Waals surface area contributed by atoms with Crippen molar-refractivity contribution >= 4 is 22.5 Å². The molecular weight excluding hydrogens is 380 g/mol. The van der Waals surface area contributed by atoms with Crippen molar-refractivity contribution in [1.82, 2.24) is 24.6 Å². The molecular formula is C22H26N6O2. The maximum atomic E-state index is 5.65. The van der Waals surface area contributed by atoms with Gasteiger partial charge >= 0.3 is 0 Å². The number of hydrogen-bond donors (Lipinski definition) is 2. The van der Waals surface area contributed by atoms with E-state index in [-0.39, 0.29) is 5.60 Å². The Morgan fingerprint density at radius 3 is 2.80 bits per heavy atom. The Balaban J connectivity index is 1.46. The Kier molecular flexibility index (Phi) is 4.58. The summed E-state index contributed by atoms with van der Waals surface area (Å²) < 4.78 is 13.1. The molecule has 1 saturated carbocycles. The predicted octanol–water partition coefficient (Wildman–Crippen LogP) is 4.04. The Hall–Kier alpha value is -3.13. The van der Waals surface area contributed by atoms with Gasteiger partial charge in [-0.25, -0.2) is 4.52 Å². The summed E-state index contributed by atoms with van der Waals surface area (Å²) in [6, 6.07) is 6.43. The summed E-state index contributed by atoms with van der Waals surface area (Å²) in [6.45, 7) is 2.18. The van der Waals surface area contributed by atoms with Crippen LogP contribution < -0.4 is 10.1 Å². The number of aromatic amines is 1. The average molecular weight is 406 g/mol. The lowest BCUT2D eigenvalue weighted by molar-refractivity contribution is -0.0253. The molecule has 1 aliphatic rings. The third-order valence-corrected chi connectivity index (χ3v) is 6.27. The lowest BCUT2D eigenvalue weighted by atomic mass is 9.83. The van der Waals surface area contributed by atoms with E-state index in [1.165, 1.54) is 0 Å². The summed E-state index contributed by atoms with van der Waals surface area (Å²) in [5.74, 6) is 1.15. The van der Waals surface area contributed by atoms with Crippen LogP contribution in [0.1, 0.15) is 32.6 Å². The zero-order valence-corrected chi connectivity index (χ0v) is 17.5. The van der Waals surface area contributed by atoms with Gasteiger partial charge in [0.05, 0.1) is 23.6 Å². The van der Waals surface area contributed by atoms with Gasteiger partial charge in [-0.2, -0.15) is 15.1 Å². The van der Waals surface area contributed by atoms with Crippen LogP contribution in [-0.4, -0.2) is 50.4 Å². The Morgan fingerprint density at radius 1 is 1.20 bits per heavy atom. The normalized spacial score (nSPS) is 21.9. The molecule has 0 aromatic carbocycles. The second-order valence-electron chi connectivity index (χ2n) is 8.17. The molecule has 30 heavy (non-hydrogen) atoms. The van der Waals surface area contributed by atoms with Gasteiger partial charge in [0.2, 0.25) is 11.8 Å². The van der Waals surface area contributed by atoms with Gasteiger partial charge in [-0.3, -0.25) is 0 Å². The SMILES string of the molecule is COc1nc(NC2CCC(C)(OC)CC2)nc2[nH]cc(-c3ccn4nccc4c3)c12. The Bertz CT molecular complexity index is 1190. The molecule has 1 aliphatic carbocycles. The van der Waals surface area contributed by atoms with Crippen LogP contribution in [-0.2, 0) is 4.74 Å². The average Bonchev–Trinajstić information content (AvgIpc) is 3.41. The second kappa shape index (κ2) is 7.28. The van der Waals surface area contributed by atoms with Gasteiger partial charge in [0, 0.05) is 37.3 Å². The Morgan fingerprint density at radius 2 is 2.03 bits per heavy atom. The van der Waals surface area contributed by atoms with Crippen molar-refractivity contribution in [3.05, 3.63) is 36.8 Å². The molecule has 4 heterocycles. The number of rotatable bonds is 5. The van der Waals surface area contributed by atoms with E-state index in [2.05, 4.69) is 33.4 Å². The van der Waals surface area contributed by atoms with Crippen LogP contribution in [0.2, 0.25) is 0 Å². The molecule has 0 spiro atoms. The van der Waals surface area contributed by atoms with Crippen molar-refractivity contribution in [2.75, 3.05) is 19.5 Å². The number of fused-ring (bicyclic) bond motifs is 2. The van der Waals surface area contributed by atoms with Crippen molar-refractivity contribution in [2.24, 2.45) is 0 Å². The molecule has 5 rings (SSSR count). The smallest absolute Gasteiger partial charge is 0.228 e. The van der Waals surface area contributed by atoms with E-state index in [4.69, 9.17) is 14.5 Å². The second-order valence-corrected chi connectivity index (χ2v) is 8.17. The maximum Gasteiger partial charge on any atom is 0.228 e. The number of nitrogens with one attached hydrogen (secondary N) is 2. The molecule has 2 N–H and O–H groups in total. The fourth-order valence-electron chi connectivity index (χ4n) is 4.29. The number of hydrogen-bond acceptors (Lipinski definition) is 6. The first kappa shape index (κ1) is 18.9. The molecule has 0 saturated heterocycles. The van der Waals surface area contributed by atoms with Gasteiger partial charge in [-0.15, -0.1) is 0 Å². The highest BCUT2D eigenvalue weighted by atomic mass is 16.5.